The number of rotatable bonds is 6. The molecule has 0 aromatic heterocycles. The molecule has 1 heterocycles. The molecule has 1 atom stereocenters. The number of ether oxygens (including phenoxy) is 1. The Kier molecular flexibility index (Phi) is 6.71. The maximum atomic E-state index is 13.7. The van der Waals surface area contributed by atoms with E-state index in [-0.39, 0.29) is 29.3 Å². The van der Waals surface area contributed by atoms with Crippen molar-refractivity contribution in [3.05, 3.63) is 47.8 Å². The van der Waals surface area contributed by atoms with Crippen molar-refractivity contribution >= 4 is 21.4 Å². The van der Waals surface area contributed by atoms with Gasteiger partial charge in [0.2, 0.25) is 15.9 Å². The Hall–Kier alpha value is -2.40. The molecule has 5 nitrogen and oxygen atoms in total. The number of hydrogen-bond acceptors (Lipinski definition) is 4. The molecule has 0 N–H and O–H groups in total. The van der Waals surface area contributed by atoms with E-state index in [1.807, 2.05) is 0 Å². The second-order valence-electron chi connectivity index (χ2n) is 7.73. The maximum Gasteiger partial charge on any atom is 0.267 e. The number of sulfonamides is 1. The zero-order valence-corrected chi connectivity index (χ0v) is 18.5. The molecule has 3 rings (SSSR count). The summed E-state index contributed by atoms with van der Waals surface area (Å²) in [6.45, 7) is 0.643. The second-order valence-corrected chi connectivity index (χ2v) is 9.70. The van der Waals surface area contributed by atoms with Crippen molar-refractivity contribution in [2.24, 2.45) is 0 Å². The molecule has 1 aliphatic rings. The van der Waals surface area contributed by atoms with Gasteiger partial charge in [-0.2, -0.15) is 4.31 Å². The van der Waals surface area contributed by atoms with Crippen molar-refractivity contribution in [2.75, 3.05) is 25.6 Å². The maximum absolute atomic E-state index is 13.7. The molecule has 1 aliphatic heterocycles. The van der Waals surface area contributed by atoms with E-state index in [0.717, 1.165) is 42.6 Å². The van der Waals surface area contributed by atoms with Gasteiger partial charge in [0.15, 0.2) is 0 Å². The summed E-state index contributed by atoms with van der Waals surface area (Å²) in [5.41, 5.74) is -0.253. The van der Waals surface area contributed by atoms with Crippen molar-refractivity contribution in [1.29, 1.82) is 0 Å². The minimum Gasteiger partial charge on any atom is -0.496 e. The summed E-state index contributed by atoms with van der Waals surface area (Å²) in [6.07, 6.45) is -3.70. The molecule has 0 saturated heterocycles. The lowest BCUT2D eigenvalue weighted by atomic mass is 10.1. The first-order valence-electron chi connectivity index (χ1n) is 9.74. The molecule has 0 radical (unpaired) electrons. The van der Waals surface area contributed by atoms with Gasteiger partial charge in [-0.3, -0.25) is 0 Å². The predicted molar refractivity (Wildman–Crippen MR) is 110 cm³/mol. The number of benzene rings is 2. The van der Waals surface area contributed by atoms with E-state index < -0.39 is 46.2 Å². The van der Waals surface area contributed by atoms with Crippen molar-refractivity contribution in [1.82, 2.24) is 4.31 Å². The summed E-state index contributed by atoms with van der Waals surface area (Å²) >= 11 is 0. The number of anilines is 2. The van der Waals surface area contributed by atoms with Crippen molar-refractivity contribution in [3.63, 3.8) is 0 Å². The van der Waals surface area contributed by atoms with Gasteiger partial charge >= 0.3 is 0 Å². The number of halogens is 5. The Balaban J connectivity index is 2.23. The second kappa shape index (κ2) is 8.86. The zero-order chi connectivity index (χ0) is 23.8. The molecule has 0 spiro atoms. The van der Waals surface area contributed by atoms with Crippen LogP contribution in [0.5, 0.6) is 5.75 Å². The van der Waals surface area contributed by atoms with E-state index in [4.69, 9.17) is 4.74 Å². The summed E-state index contributed by atoms with van der Waals surface area (Å²) in [4.78, 5) is 1.12. The number of hydrogen-bond donors (Lipinski definition) is 0. The van der Waals surface area contributed by atoms with Crippen LogP contribution in [-0.2, 0) is 10.0 Å². The smallest absolute Gasteiger partial charge is 0.267 e. The van der Waals surface area contributed by atoms with E-state index in [9.17, 15) is 30.4 Å². The standard InChI is InChI=1S/C21H23F5N2O3S/c1-21(25,26)9-8-15-12-28(14-6-4-13(22)5-7-14)17-10-16(20(23)24)18(31-3)11-19(17)32(29,30)27(15)2/h4-7,10-11,15,20H,8-9,12H2,1-3H3/t15-/m1/s1. The highest BCUT2D eigenvalue weighted by atomic mass is 32.2. The third-order valence-electron chi connectivity index (χ3n) is 5.46. The van der Waals surface area contributed by atoms with Crippen molar-refractivity contribution < 1.29 is 35.1 Å². The largest absolute Gasteiger partial charge is 0.496 e. The van der Waals surface area contributed by atoms with E-state index in [1.54, 1.807) is 0 Å². The molecule has 0 amide bonds. The molecule has 0 aliphatic carbocycles. The highest BCUT2D eigenvalue weighted by Crippen LogP contribution is 2.43. The third-order valence-corrected chi connectivity index (χ3v) is 7.40. The fraction of sp³-hybridized carbons (Fsp3) is 0.429. The fourth-order valence-corrected chi connectivity index (χ4v) is 5.23. The quantitative estimate of drug-likeness (QED) is 0.526. The van der Waals surface area contributed by atoms with Crippen molar-refractivity contribution in [3.8, 4) is 5.75 Å². The number of likely N-dealkylation sites (N-methyl/N-ethyl adjacent to an activating group) is 1. The molecular formula is C21H23F5N2O3S. The van der Waals surface area contributed by atoms with E-state index >= 15 is 0 Å². The Bertz CT molecular complexity index is 1070. The average molecular weight is 478 g/mol. The Morgan fingerprint density at radius 2 is 1.81 bits per heavy atom. The van der Waals surface area contributed by atoms with Gasteiger partial charge in [-0.05, 0) is 43.7 Å². The summed E-state index contributed by atoms with van der Waals surface area (Å²) < 4.78 is 101. The van der Waals surface area contributed by atoms with Gasteiger partial charge in [-0.1, -0.05) is 0 Å². The van der Waals surface area contributed by atoms with Crippen LogP contribution in [0.2, 0.25) is 0 Å². The highest BCUT2D eigenvalue weighted by molar-refractivity contribution is 7.89. The SMILES string of the molecule is COc1cc2c(cc1C(F)F)N(c1ccc(F)cc1)C[C@@H](CCC(C)(F)F)N(C)S2(=O)=O. The van der Waals surface area contributed by atoms with Gasteiger partial charge in [-0.15, -0.1) is 0 Å². The molecule has 2 aromatic carbocycles. The topological polar surface area (TPSA) is 49.9 Å². The predicted octanol–water partition coefficient (Wildman–Crippen LogP) is 5.35. The molecule has 11 heteroatoms. The molecule has 176 valence electrons. The van der Waals surface area contributed by atoms with Gasteiger partial charge in [0.25, 0.3) is 6.43 Å². The molecule has 0 bridgehead atoms. The lowest BCUT2D eigenvalue weighted by molar-refractivity contribution is 0.00679. The highest BCUT2D eigenvalue weighted by Gasteiger charge is 2.39. The number of alkyl halides is 4. The summed E-state index contributed by atoms with van der Waals surface area (Å²) in [5.74, 6) is -3.87. The van der Waals surface area contributed by atoms with Gasteiger partial charge in [0, 0.05) is 37.8 Å². The van der Waals surface area contributed by atoms with Gasteiger partial charge in [0.1, 0.15) is 16.5 Å². The molecule has 32 heavy (non-hydrogen) atoms. The number of methoxy groups -OCH3 is 1. The van der Waals surface area contributed by atoms with Crippen LogP contribution in [0.4, 0.5) is 33.3 Å². The Morgan fingerprint density at radius 1 is 1.19 bits per heavy atom. The minimum absolute atomic E-state index is 0.0645. The average Bonchev–Trinajstić information content (AvgIpc) is 2.79. The van der Waals surface area contributed by atoms with Crippen molar-refractivity contribution in [2.45, 2.75) is 43.1 Å². The van der Waals surface area contributed by atoms with E-state index in [2.05, 4.69) is 0 Å². The molecule has 2 aromatic rings. The summed E-state index contributed by atoms with van der Waals surface area (Å²) in [5, 5.41) is 0. The van der Waals surface area contributed by atoms with Crippen LogP contribution < -0.4 is 9.64 Å². The van der Waals surface area contributed by atoms with E-state index in [0.29, 0.717) is 5.69 Å². The van der Waals surface area contributed by atoms with E-state index in [1.165, 1.54) is 24.1 Å². The first-order chi connectivity index (χ1) is 14.8. The van der Waals surface area contributed by atoms with Crippen LogP contribution in [0.1, 0.15) is 31.8 Å². The van der Waals surface area contributed by atoms with Crippen LogP contribution >= 0.6 is 0 Å². The monoisotopic (exact) mass is 478 g/mol. The summed E-state index contributed by atoms with van der Waals surface area (Å²) in [7, 11) is -1.84. The van der Waals surface area contributed by atoms with Gasteiger partial charge < -0.3 is 9.64 Å². The number of nitrogens with zero attached hydrogens (tertiary/aromatic N) is 2. The summed E-state index contributed by atoms with van der Waals surface area (Å²) in [6, 6.07) is 6.16. The Morgan fingerprint density at radius 3 is 2.34 bits per heavy atom. The van der Waals surface area contributed by atoms with Crippen LogP contribution in [0.25, 0.3) is 0 Å². The van der Waals surface area contributed by atoms with Gasteiger partial charge in [-0.25, -0.2) is 30.4 Å². The first kappa shape index (κ1) is 24.2. The molecule has 0 fully saturated rings. The lowest BCUT2D eigenvalue weighted by Crippen LogP contribution is -2.41. The van der Waals surface area contributed by atoms with Crippen LogP contribution in [0, 0.1) is 5.82 Å². The zero-order valence-electron chi connectivity index (χ0n) is 17.7. The Labute approximate surface area is 183 Å². The lowest BCUT2D eigenvalue weighted by Gasteiger charge is -2.30. The van der Waals surface area contributed by atoms with Crippen LogP contribution in [0.3, 0.4) is 0 Å². The normalized spacial score (nSPS) is 19.0. The van der Waals surface area contributed by atoms with Crippen LogP contribution in [-0.4, -0.2) is 45.4 Å². The number of fused-ring (bicyclic) bond motifs is 1. The third kappa shape index (κ3) is 4.83. The van der Waals surface area contributed by atoms with Crippen LogP contribution in [0.15, 0.2) is 41.3 Å². The fourth-order valence-electron chi connectivity index (χ4n) is 3.66. The molecule has 0 unspecified atom stereocenters. The molecular weight excluding hydrogens is 455 g/mol. The first-order valence-corrected chi connectivity index (χ1v) is 11.2. The molecule has 0 saturated carbocycles. The minimum atomic E-state index is -4.25. The van der Waals surface area contributed by atoms with Gasteiger partial charge in [0.05, 0.1) is 18.4 Å².